The first-order chi connectivity index (χ1) is 10.4. The second kappa shape index (κ2) is 6.52. The van der Waals surface area contributed by atoms with Crippen LogP contribution in [0.4, 0.5) is 11.5 Å². The number of anilines is 1. The van der Waals surface area contributed by atoms with Gasteiger partial charge in [-0.25, -0.2) is 4.98 Å². The molecule has 8 heteroatoms. The van der Waals surface area contributed by atoms with Crippen LogP contribution in [0, 0.1) is 17.0 Å². The number of benzene rings is 1. The monoisotopic (exact) mass is 365 g/mol. The molecule has 114 valence electrons. The predicted octanol–water partition coefficient (Wildman–Crippen LogP) is 3.32. The molecule has 1 amide bonds. The summed E-state index contributed by atoms with van der Waals surface area (Å²) in [6.07, 6.45) is 1.57. The summed E-state index contributed by atoms with van der Waals surface area (Å²) in [4.78, 5) is 26.6. The smallest absolute Gasteiger partial charge is 0.311 e. The van der Waals surface area contributed by atoms with E-state index in [0.717, 1.165) is 10.0 Å². The van der Waals surface area contributed by atoms with Crippen molar-refractivity contribution < 1.29 is 14.5 Å². The first-order valence-electron chi connectivity index (χ1n) is 6.18. The number of nitrogens with zero attached hydrogens (tertiary/aromatic N) is 2. The van der Waals surface area contributed by atoms with Gasteiger partial charge in [0.25, 0.3) is 5.91 Å². The summed E-state index contributed by atoms with van der Waals surface area (Å²) in [5, 5.41) is 13.6. The Morgan fingerprint density at radius 1 is 1.41 bits per heavy atom. The van der Waals surface area contributed by atoms with Crippen LogP contribution >= 0.6 is 15.9 Å². The number of pyridine rings is 1. The number of hydrogen-bond donors (Lipinski definition) is 1. The minimum Gasteiger partial charge on any atom is -0.490 e. The van der Waals surface area contributed by atoms with Gasteiger partial charge in [0.1, 0.15) is 5.82 Å². The van der Waals surface area contributed by atoms with E-state index >= 15 is 0 Å². The standard InChI is InChI=1S/C14H12BrN3O4/c1-8-5-13(16-7-10(8)15)17-14(19)9-3-4-12(22-2)11(6-9)18(20)21/h3-7H,1-2H3,(H,16,17,19). The van der Waals surface area contributed by atoms with Crippen LogP contribution in [0.1, 0.15) is 15.9 Å². The number of methoxy groups -OCH3 is 1. The van der Waals surface area contributed by atoms with E-state index in [1.807, 2.05) is 6.92 Å². The van der Waals surface area contributed by atoms with Crippen molar-refractivity contribution in [3.05, 3.63) is 56.2 Å². The molecule has 0 fully saturated rings. The number of carbonyl (C=O) groups is 1. The Labute approximate surface area is 134 Å². The van der Waals surface area contributed by atoms with Crippen LogP contribution in [0.3, 0.4) is 0 Å². The minimum atomic E-state index is -0.600. The van der Waals surface area contributed by atoms with Crippen LogP contribution in [0.5, 0.6) is 5.75 Å². The van der Waals surface area contributed by atoms with Gasteiger partial charge in [-0.05, 0) is 46.6 Å². The molecule has 0 bridgehead atoms. The van der Waals surface area contributed by atoms with Crippen molar-refractivity contribution in [1.29, 1.82) is 0 Å². The van der Waals surface area contributed by atoms with E-state index in [1.165, 1.54) is 25.3 Å². The maximum atomic E-state index is 12.2. The first-order valence-corrected chi connectivity index (χ1v) is 6.97. The van der Waals surface area contributed by atoms with E-state index in [9.17, 15) is 14.9 Å². The lowest BCUT2D eigenvalue weighted by Crippen LogP contribution is -2.13. The molecule has 0 spiro atoms. The van der Waals surface area contributed by atoms with Crippen LogP contribution in [-0.2, 0) is 0 Å². The maximum absolute atomic E-state index is 12.2. The van der Waals surface area contributed by atoms with Gasteiger partial charge in [-0.15, -0.1) is 0 Å². The normalized spacial score (nSPS) is 10.1. The Bertz CT molecular complexity index is 749. The lowest BCUT2D eigenvalue weighted by Gasteiger charge is -2.07. The largest absolute Gasteiger partial charge is 0.490 e. The molecule has 2 aromatic rings. The molecule has 0 aliphatic rings. The van der Waals surface area contributed by atoms with Crippen molar-refractivity contribution in [3.8, 4) is 5.75 Å². The third kappa shape index (κ3) is 3.40. The van der Waals surface area contributed by atoms with Gasteiger partial charge in [0.2, 0.25) is 0 Å². The van der Waals surface area contributed by atoms with Crippen molar-refractivity contribution >= 4 is 33.3 Å². The van der Waals surface area contributed by atoms with Gasteiger partial charge in [-0.1, -0.05) is 0 Å². The number of nitrogens with one attached hydrogen (secondary N) is 1. The predicted molar refractivity (Wildman–Crippen MR) is 84.3 cm³/mol. The highest BCUT2D eigenvalue weighted by atomic mass is 79.9. The van der Waals surface area contributed by atoms with Gasteiger partial charge in [-0.2, -0.15) is 0 Å². The van der Waals surface area contributed by atoms with E-state index in [1.54, 1.807) is 12.3 Å². The van der Waals surface area contributed by atoms with Gasteiger partial charge >= 0.3 is 5.69 Å². The summed E-state index contributed by atoms with van der Waals surface area (Å²) in [6, 6.07) is 5.69. The fourth-order valence-corrected chi connectivity index (χ4v) is 1.99. The Hall–Kier alpha value is -2.48. The molecular weight excluding hydrogens is 354 g/mol. The lowest BCUT2D eigenvalue weighted by molar-refractivity contribution is -0.385. The molecule has 2 rings (SSSR count). The van der Waals surface area contributed by atoms with Crippen molar-refractivity contribution in [3.63, 3.8) is 0 Å². The van der Waals surface area contributed by atoms with Crippen LogP contribution in [0.15, 0.2) is 34.9 Å². The zero-order valence-electron chi connectivity index (χ0n) is 11.8. The molecule has 1 aromatic carbocycles. The fourth-order valence-electron chi connectivity index (χ4n) is 1.77. The molecule has 7 nitrogen and oxygen atoms in total. The third-order valence-corrected chi connectivity index (χ3v) is 3.76. The summed E-state index contributed by atoms with van der Waals surface area (Å²) < 4.78 is 5.72. The van der Waals surface area contributed by atoms with E-state index in [-0.39, 0.29) is 17.0 Å². The zero-order chi connectivity index (χ0) is 16.3. The first kappa shape index (κ1) is 15.9. The Balaban J connectivity index is 2.27. The Morgan fingerprint density at radius 3 is 2.73 bits per heavy atom. The number of aromatic nitrogens is 1. The topological polar surface area (TPSA) is 94.4 Å². The second-order valence-corrected chi connectivity index (χ2v) is 5.27. The zero-order valence-corrected chi connectivity index (χ0v) is 13.4. The van der Waals surface area contributed by atoms with E-state index in [4.69, 9.17) is 4.74 Å². The Kier molecular flexibility index (Phi) is 4.71. The molecule has 1 aromatic heterocycles. The maximum Gasteiger partial charge on any atom is 0.311 e. The highest BCUT2D eigenvalue weighted by molar-refractivity contribution is 9.10. The number of carbonyl (C=O) groups excluding carboxylic acids is 1. The van der Waals surface area contributed by atoms with Crippen LogP contribution in [-0.4, -0.2) is 22.9 Å². The highest BCUT2D eigenvalue weighted by Crippen LogP contribution is 2.28. The van der Waals surface area contributed by atoms with Gasteiger partial charge in [-0.3, -0.25) is 14.9 Å². The number of aryl methyl sites for hydroxylation is 1. The SMILES string of the molecule is COc1ccc(C(=O)Nc2cc(C)c(Br)cn2)cc1[N+](=O)[O-]. The molecule has 1 heterocycles. The van der Waals surface area contributed by atoms with Crippen LogP contribution in [0.2, 0.25) is 0 Å². The average Bonchev–Trinajstić information content (AvgIpc) is 2.50. The van der Waals surface area contributed by atoms with E-state index < -0.39 is 10.8 Å². The number of hydrogen-bond acceptors (Lipinski definition) is 5. The molecule has 22 heavy (non-hydrogen) atoms. The molecule has 0 atom stereocenters. The summed E-state index contributed by atoms with van der Waals surface area (Å²) in [5.41, 5.74) is 0.788. The van der Waals surface area contributed by atoms with Gasteiger partial charge in [0.05, 0.1) is 12.0 Å². The van der Waals surface area contributed by atoms with Crippen molar-refractivity contribution in [2.45, 2.75) is 6.92 Å². The van der Waals surface area contributed by atoms with Crippen LogP contribution in [0.25, 0.3) is 0 Å². The molecule has 0 saturated carbocycles. The van der Waals surface area contributed by atoms with Crippen molar-refractivity contribution in [2.75, 3.05) is 12.4 Å². The third-order valence-electron chi connectivity index (χ3n) is 2.93. The summed E-state index contributed by atoms with van der Waals surface area (Å²) >= 11 is 3.32. The Morgan fingerprint density at radius 2 is 2.14 bits per heavy atom. The number of rotatable bonds is 4. The summed E-state index contributed by atoms with van der Waals surface area (Å²) in [6.45, 7) is 1.86. The quantitative estimate of drug-likeness (QED) is 0.662. The molecule has 0 unspecified atom stereocenters. The van der Waals surface area contributed by atoms with E-state index in [0.29, 0.717) is 5.82 Å². The average molecular weight is 366 g/mol. The second-order valence-electron chi connectivity index (χ2n) is 4.42. The summed E-state index contributed by atoms with van der Waals surface area (Å²) in [5.74, 6) is -0.0247. The molecular formula is C14H12BrN3O4. The van der Waals surface area contributed by atoms with Crippen molar-refractivity contribution in [1.82, 2.24) is 4.98 Å². The molecule has 0 saturated heterocycles. The minimum absolute atomic E-state index is 0.0964. The lowest BCUT2D eigenvalue weighted by atomic mass is 10.1. The van der Waals surface area contributed by atoms with Gasteiger partial charge in [0, 0.05) is 22.3 Å². The molecule has 0 aliphatic carbocycles. The number of halogens is 1. The highest BCUT2D eigenvalue weighted by Gasteiger charge is 2.18. The van der Waals surface area contributed by atoms with Crippen LogP contribution < -0.4 is 10.1 Å². The number of amides is 1. The number of nitro benzene ring substituents is 1. The van der Waals surface area contributed by atoms with Gasteiger partial charge < -0.3 is 10.1 Å². The van der Waals surface area contributed by atoms with Crippen molar-refractivity contribution in [2.24, 2.45) is 0 Å². The molecule has 1 N–H and O–H groups in total. The van der Waals surface area contributed by atoms with E-state index in [2.05, 4.69) is 26.2 Å². The molecule has 0 aliphatic heterocycles. The number of nitro groups is 1. The van der Waals surface area contributed by atoms with Gasteiger partial charge in [0.15, 0.2) is 5.75 Å². The molecule has 0 radical (unpaired) electrons. The number of ether oxygens (including phenoxy) is 1. The summed E-state index contributed by atoms with van der Waals surface area (Å²) in [7, 11) is 1.33. The fraction of sp³-hybridized carbons (Fsp3) is 0.143.